The summed E-state index contributed by atoms with van der Waals surface area (Å²) < 4.78 is 36.1. The second kappa shape index (κ2) is 4.54. The van der Waals surface area contributed by atoms with Crippen LogP contribution in [0, 0.1) is 0 Å². The fourth-order valence-electron chi connectivity index (χ4n) is 0.822. The molecule has 0 atom stereocenters. The number of carbonyl (C=O) groups excluding carboxylic acids is 1. The van der Waals surface area contributed by atoms with E-state index in [1.165, 1.54) is 0 Å². The number of rotatable bonds is 1. The number of halogens is 3. The molecule has 70 valence electrons. The quantitative estimate of drug-likeness (QED) is 0.491. The molecule has 0 aliphatic rings. The number of alkyl halides is 3. The maximum absolute atomic E-state index is 12.0. The first-order valence-electron chi connectivity index (χ1n) is 3.30. The van der Waals surface area contributed by atoms with Crippen molar-refractivity contribution >= 4 is 5.97 Å². The molecule has 14 heavy (non-hydrogen) atoms. The number of benzene rings is 1. The Morgan fingerprint density at radius 3 is 2.29 bits per heavy atom. The summed E-state index contributed by atoms with van der Waals surface area (Å²) in [5.74, 6) is -1.62. The zero-order valence-electron chi connectivity index (χ0n) is 7.26. The molecule has 0 saturated carbocycles. The molecule has 0 heterocycles. The van der Waals surface area contributed by atoms with Gasteiger partial charge in [0, 0.05) is 0 Å². The molecule has 0 aliphatic heterocycles. The van der Waals surface area contributed by atoms with Gasteiger partial charge in [0.1, 0.15) is 0 Å². The van der Waals surface area contributed by atoms with Crippen LogP contribution in [0.25, 0.3) is 0 Å². The van der Waals surface area contributed by atoms with Crippen molar-refractivity contribution in [2.24, 2.45) is 0 Å². The molecule has 0 radical (unpaired) electrons. The van der Waals surface area contributed by atoms with E-state index >= 15 is 0 Å². The third kappa shape index (κ3) is 3.09. The van der Waals surface area contributed by atoms with Crippen molar-refractivity contribution in [2.45, 2.75) is 6.18 Å². The van der Waals surface area contributed by atoms with Gasteiger partial charge in [-0.2, -0.15) is 13.2 Å². The average molecular weight is 196 g/mol. The fraction of sp³-hybridized carbons (Fsp3) is 0.125. The van der Waals surface area contributed by atoms with Crippen molar-refractivity contribution in [1.29, 1.82) is 0 Å². The van der Waals surface area contributed by atoms with Gasteiger partial charge in [-0.1, -0.05) is 12.1 Å². The summed E-state index contributed by atoms with van der Waals surface area (Å²) in [4.78, 5) is 10.2. The van der Waals surface area contributed by atoms with Gasteiger partial charge < -0.3 is 9.90 Å². The Morgan fingerprint density at radius 2 is 1.86 bits per heavy atom. The van der Waals surface area contributed by atoms with E-state index in [1.807, 2.05) is 0 Å². The van der Waals surface area contributed by atoms with Crippen molar-refractivity contribution in [3.63, 3.8) is 0 Å². The minimum atomic E-state index is -4.52. The Hall–Kier alpha value is -0.923. The van der Waals surface area contributed by atoms with Crippen LogP contribution in [-0.4, -0.2) is 5.97 Å². The predicted molar refractivity (Wildman–Crippen MR) is 35.8 cm³/mol. The van der Waals surface area contributed by atoms with Gasteiger partial charge in [-0.15, -0.1) is 0 Å². The van der Waals surface area contributed by atoms with E-state index < -0.39 is 23.3 Å². The second-order valence-electron chi connectivity index (χ2n) is 2.37. The first-order valence-corrected chi connectivity index (χ1v) is 3.30. The average Bonchev–Trinajstić information content (AvgIpc) is 2.03. The molecule has 0 spiro atoms. The van der Waals surface area contributed by atoms with Crippen LogP contribution in [0.4, 0.5) is 13.2 Å². The SMILES string of the molecule is O=C([O-])c1cccc(C(F)(F)F)c1.[Li+]. The van der Waals surface area contributed by atoms with Crippen LogP contribution in [0.15, 0.2) is 24.3 Å². The van der Waals surface area contributed by atoms with Crippen molar-refractivity contribution in [1.82, 2.24) is 0 Å². The van der Waals surface area contributed by atoms with Gasteiger partial charge in [-0.3, -0.25) is 0 Å². The van der Waals surface area contributed by atoms with Crippen LogP contribution >= 0.6 is 0 Å². The topological polar surface area (TPSA) is 40.1 Å². The molecule has 0 unspecified atom stereocenters. The Balaban J connectivity index is 0.00000169. The van der Waals surface area contributed by atoms with Crippen LogP contribution in [0.5, 0.6) is 0 Å². The minimum Gasteiger partial charge on any atom is -0.545 e. The van der Waals surface area contributed by atoms with Crippen LogP contribution < -0.4 is 24.0 Å². The molecule has 0 aromatic heterocycles. The molecule has 0 N–H and O–H groups in total. The van der Waals surface area contributed by atoms with Gasteiger partial charge in [-0.25, -0.2) is 0 Å². The van der Waals surface area contributed by atoms with Gasteiger partial charge in [0.2, 0.25) is 0 Å². The van der Waals surface area contributed by atoms with E-state index in [0.717, 1.165) is 18.2 Å². The molecule has 0 aliphatic carbocycles. The normalized spacial score (nSPS) is 10.5. The zero-order valence-corrected chi connectivity index (χ0v) is 7.26. The number of hydrogen-bond donors (Lipinski definition) is 0. The predicted octanol–water partition coefficient (Wildman–Crippen LogP) is -1.93. The summed E-state index contributed by atoms with van der Waals surface area (Å²) in [5.41, 5.74) is -1.47. The Bertz CT molecular complexity index is 336. The van der Waals surface area contributed by atoms with Crippen LogP contribution in [0.2, 0.25) is 0 Å². The zero-order chi connectivity index (χ0) is 10.1. The van der Waals surface area contributed by atoms with Gasteiger partial charge in [0.15, 0.2) is 0 Å². The first kappa shape index (κ1) is 13.1. The molecule has 1 rings (SSSR count). The fourth-order valence-corrected chi connectivity index (χ4v) is 0.822. The van der Waals surface area contributed by atoms with Gasteiger partial charge in [0.25, 0.3) is 0 Å². The Labute approximate surface area is 89.9 Å². The summed E-state index contributed by atoms with van der Waals surface area (Å²) in [6.45, 7) is 0. The second-order valence-corrected chi connectivity index (χ2v) is 2.37. The van der Waals surface area contributed by atoms with E-state index in [4.69, 9.17) is 0 Å². The maximum atomic E-state index is 12.0. The van der Waals surface area contributed by atoms with Crippen molar-refractivity contribution in [2.75, 3.05) is 0 Å². The largest absolute Gasteiger partial charge is 1.00 e. The van der Waals surface area contributed by atoms with Gasteiger partial charge in [0.05, 0.1) is 11.5 Å². The van der Waals surface area contributed by atoms with E-state index in [2.05, 4.69) is 0 Å². The first-order chi connectivity index (χ1) is 5.91. The Morgan fingerprint density at radius 1 is 1.29 bits per heavy atom. The number of carboxylic acid groups (broad SMARTS) is 1. The molecule has 2 nitrogen and oxygen atoms in total. The smallest absolute Gasteiger partial charge is 0.545 e. The molecular formula is C8H4F3LiO2. The third-order valence-electron chi connectivity index (χ3n) is 1.43. The molecule has 0 amide bonds. The van der Waals surface area contributed by atoms with Crippen molar-refractivity contribution in [3.8, 4) is 0 Å². The number of carbonyl (C=O) groups is 1. The summed E-state index contributed by atoms with van der Waals surface area (Å²) in [5, 5.41) is 10.2. The molecule has 0 fully saturated rings. The van der Waals surface area contributed by atoms with E-state index in [1.54, 1.807) is 0 Å². The molecular weight excluding hydrogens is 192 g/mol. The third-order valence-corrected chi connectivity index (χ3v) is 1.43. The Kier molecular flexibility index (Phi) is 4.24. The monoisotopic (exact) mass is 196 g/mol. The molecule has 0 bridgehead atoms. The maximum Gasteiger partial charge on any atom is 1.00 e. The van der Waals surface area contributed by atoms with E-state index in [-0.39, 0.29) is 18.9 Å². The molecule has 0 saturated heterocycles. The summed E-state index contributed by atoms with van der Waals surface area (Å²) in [6.07, 6.45) is -4.52. The number of hydrogen-bond acceptors (Lipinski definition) is 2. The minimum absolute atomic E-state index is 0. The number of carboxylic acids is 1. The molecule has 1 aromatic rings. The summed E-state index contributed by atoms with van der Waals surface area (Å²) in [6, 6.07) is 3.40. The van der Waals surface area contributed by atoms with Crippen molar-refractivity contribution < 1.29 is 41.9 Å². The molecule has 1 aromatic carbocycles. The molecule has 6 heteroatoms. The van der Waals surface area contributed by atoms with Gasteiger partial charge >= 0.3 is 25.0 Å². The van der Waals surface area contributed by atoms with Crippen LogP contribution in [0.3, 0.4) is 0 Å². The van der Waals surface area contributed by atoms with E-state index in [9.17, 15) is 23.1 Å². The van der Waals surface area contributed by atoms with Gasteiger partial charge in [-0.05, 0) is 17.7 Å². The van der Waals surface area contributed by atoms with E-state index in [0.29, 0.717) is 6.07 Å². The van der Waals surface area contributed by atoms with Crippen LogP contribution in [-0.2, 0) is 6.18 Å². The summed E-state index contributed by atoms with van der Waals surface area (Å²) in [7, 11) is 0. The summed E-state index contributed by atoms with van der Waals surface area (Å²) >= 11 is 0. The van der Waals surface area contributed by atoms with Crippen molar-refractivity contribution in [3.05, 3.63) is 35.4 Å². The van der Waals surface area contributed by atoms with Crippen LogP contribution in [0.1, 0.15) is 15.9 Å². The number of aromatic carboxylic acids is 1. The standard InChI is InChI=1S/C8H5F3O2.Li/c9-8(10,11)6-3-1-2-5(4-6)7(12)13;/h1-4H,(H,12,13);/q;+1/p-1.